The van der Waals surface area contributed by atoms with Crippen LogP contribution in [0.15, 0.2) is 64.4 Å². The Morgan fingerprint density at radius 3 is 2.17 bits per heavy atom. The summed E-state index contributed by atoms with van der Waals surface area (Å²) in [7, 11) is -7.70. The van der Waals surface area contributed by atoms with Crippen molar-refractivity contribution in [3.05, 3.63) is 71.5 Å². The standard InChI is InChI=1S/C23H25N5O6S2/c1-16-14-17(2)25-23(24-16)27-35(30,31)20-8-6-19(7-9-20)26-22(29)18-4-3-5-21(15-18)36(32,33)28-10-12-34-13-11-28/h3-9,14-15H,10-13H2,1-2H3,(H,26,29)(H,24,25,27). The Morgan fingerprint density at radius 2 is 1.53 bits per heavy atom. The molecule has 0 saturated carbocycles. The maximum atomic E-state index is 12.9. The number of hydrogen-bond donors (Lipinski definition) is 2. The van der Waals surface area contributed by atoms with E-state index in [1.54, 1.807) is 19.9 Å². The molecular weight excluding hydrogens is 506 g/mol. The number of nitrogens with zero attached hydrogens (tertiary/aromatic N) is 3. The quantitative estimate of drug-likeness (QED) is 0.471. The molecule has 0 aliphatic carbocycles. The van der Waals surface area contributed by atoms with Crippen LogP contribution in [0.5, 0.6) is 0 Å². The molecule has 11 nitrogen and oxygen atoms in total. The molecule has 0 radical (unpaired) electrons. The van der Waals surface area contributed by atoms with Crippen molar-refractivity contribution in [2.75, 3.05) is 36.3 Å². The minimum atomic E-state index is -3.94. The van der Waals surface area contributed by atoms with Crippen LogP contribution in [0, 0.1) is 13.8 Å². The fourth-order valence-corrected chi connectivity index (χ4v) is 6.00. The number of nitrogens with one attached hydrogen (secondary N) is 2. The summed E-state index contributed by atoms with van der Waals surface area (Å²) < 4.78 is 60.0. The molecule has 0 unspecified atom stereocenters. The average Bonchev–Trinajstić information content (AvgIpc) is 2.84. The van der Waals surface area contributed by atoms with Crippen molar-refractivity contribution >= 4 is 37.6 Å². The molecule has 3 aromatic rings. The Kier molecular flexibility index (Phi) is 7.36. The third-order valence-corrected chi connectivity index (χ3v) is 8.57. The Morgan fingerprint density at radius 1 is 0.889 bits per heavy atom. The minimum Gasteiger partial charge on any atom is -0.379 e. The molecule has 190 valence electrons. The maximum absolute atomic E-state index is 12.9. The Bertz CT molecular complexity index is 1470. The monoisotopic (exact) mass is 531 g/mol. The highest BCUT2D eigenvalue weighted by atomic mass is 32.2. The molecule has 2 heterocycles. The van der Waals surface area contributed by atoms with Crippen LogP contribution in [0.2, 0.25) is 0 Å². The highest BCUT2D eigenvalue weighted by molar-refractivity contribution is 7.92. The van der Waals surface area contributed by atoms with Gasteiger partial charge in [-0.1, -0.05) is 6.07 Å². The van der Waals surface area contributed by atoms with Gasteiger partial charge in [-0.25, -0.2) is 31.5 Å². The number of rotatable bonds is 7. The third-order valence-electron chi connectivity index (χ3n) is 5.33. The number of morpholine rings is 1. The van der Waals surface area contributed by atoms with E-state index in [0.29, 0.717) is 30.3 Å². The molecule has 1 fully saturated rings. The van der Waals surface area contributed by atoms with Crippen molar-refractivity contribution in [3.8, 4) is 0 Å². The van der Waals surface area contributed by atoms with Gasteiger partial charge in [-0.3, -0.25) is 4.79 Å². The molecule has 0 bridgehead atoms. The molecule has 13 heteroatoms. The number of carbonyl (C=O) groups excluding carboxylic acids is 1. The van der Waals surface area contributed by atoms with E-state index in [1.165, 1.54) is 52.8 Å². The fourth-order valence-electron chi connectivity index (χ4n) is 3.61. The number of aromatic nitrogens is 2. The second kappa shape index (κ2) is 10.3. The van der Waals surface area contributed by atoms with Crippen LogP contribution >= 0.6 is 0 Å². The summed E-state index contributed by atoms with van der Waals surface area (Å²) in [4.78, 5) is 20.9. The first-order chi connectivity index (χ1) is 17.0. The molecule has 1 aromatic heterocycles. The van der Waals surface area contributed by atoms with Crippen LogP contribution in [-0.4, -0.2) is 63.3 Å². The maximum Gasteiger partial charge on any atom is 0.264 e. The molecule has 1 aliphatic heterocycles. The summed E-state index contributed by atoms with van der Waals surface area (Å²) in [6, 6.07) is 13.0. The molecule has 1 aliphatic rings. The Balaban J connectivity index is 1.47. The number of carbonyl (C=O) groups is 1. The van der Waals surface area contributed by atoms with Crippen molar-refractivity contribution < 1.29 is 26.4 Å². The first-order valence-corrected chi connectivity index (χ1v) is 13.9. The van der Waals surface area contributed by atoms with Gasteiger partial charge in [0.2, 0.25) is 16.0 Å². The van der Waals surface area contributed by atoms with E-state index < -0.39 is 26.0 Å². The van der Waals surface area contributed by atoms with E-state index >= 15 is 0 Å². The number of anilines is 2. The summed E-state index contributed by atoms with van der Waals surface area (Å²) in [6.45, 7) is 4.60. The van der Waals surface area contributed by atoms with Crippen molar-refractivity contribution in [1.29, 1.82) is 0 Å². The highest BCUT2D eigenvalue weighted by Crippen LogP contribution is 2.21. The van der Waals surface area contributed by atoms with E-state index in [0.717, 1.165) is 0 Å². The third kappa shape index (κ3) is 5.87. The van der Waals surface area contributed by atoms with Gasteiger partial charge in [0.1, 0.15) is 0 Å². The zero-order valence-corrected chi connectivity index (χ0v) is 21.3. The summed E-state index contributed by atoms with van der Waals surface area (Å²) in [5.41, 5.74) is 1.73. The molecule has 2 N–H and O–H groups in total. The predicted octanol–water partition coefficient (Wildman–Crippen LogP) is 2.17. The van der Waals surface area contributed by atoms with Crippen LogP contribution in [0.4, 0.5) is 11.6 Å². The van der Waals surface area contributed by atoms with E-state index in [-0.39, 0.29) is 34.4 Å². The van der Waals surface area contributed by atoms with Crippen LogP contribution < -0.4 is 10.0 Å². The number of ether oxygens (including phenoxy) is 1. The first kappa shape index (κ1) is 25.7. The van der Waals surface area contributed by atoms with Crippen LogP contribution in [-0.2, 0) is 24.8 Å². The SMILES string of the molecule is Cc1cc(C)nc(NS(=O)(=O)c2ccc(NC(=O)c3cccc(S(=O)(=O)N4CCOCC4)c3)cc2)n1. The summed E-state index contributed by atoms with van der Waals surface area (Å²) in [6.07, 6.45) is 0. The predicted molar refractivity (Wildman–Crippen MR) is 133 cm³/mol. The number of aryl methyl sites for hydroxylation is 2. The fraction of sp³-hybridized carbons (Fsp3) is 0.261. The molecular formula is C23H25N5O6S2. The lowest BCUT2D eigenvalue weighted by atomic mass is 10.2. The van der Waals surface area contributed by atoms with Crippen LogP contribution in [0.25, 0.3) is 0 Å². The van der Waals surface area contributed by atoms with Crippen LogP contribution in [0.1, 0.15) is 21.7 Å². The van der Waals surface area contributed by atoms with E-state index in [9.17, 15) is 21.6 Å². The van der Waals surface area contributed by atoms with Crippen molar-refractivity contribution in [3.63, 3.8) is 0 Å². The van der Waals surface area contributed by atoms with Gasteiger partial charge in [-0.15, -0.1) is 0 Å². The van der Waals surface area contributed by atoms with Gasteiger partial charge >= 0.3 is 0 Å². The minimum absolute atomic E-state index is 0.0122. The Hall–Kier alpha value is -3.39. The smallest absolute Gasteiger partial charge is 0.264 e. The summed E-state index contributed by atoms with van der Waals surface area (Å²) in [5, 5.41) is 2.65. The van der Waals surface area contributed by atoms with E-state index in [4.69, 9.17) is 4.74 Å². The van der Waals surface area contributed by atoms with Gasteiger partial charge in [0.15, 0.2) is 0 Å². The molecule has 2 aromatic carbocycles. The van der Waals surface area contributed by atoms with Crippen molar-refractivity contribution in [2.24, 2.45) is 0 Å². The summed E-state index contributed by atoms with van der Waals surface area (Å²) >= 11 is 0. The number of sulfonamides is 2. The zero-order chi connectivity index (χ0) is 25.9. The van der Waals surface area contributed by atoms with Gasteiger partial charge in [0.05, 0.1) is 23.0 Å². The molecule has 1 saturated heterocycles. The lowest BCUT2D eigenvalue weighted by Crippen LogP contribution is -2.40. The highest BCUT2D eigenvalue weighted by Gasteiger charge is 2.27. The van der Waals surface area contributed by atoms with E-state index in [2.05, 4.69) is 20.0 Å². The van der Waals surface area contributed by atoms with Gasteiger partial charge < -0.3 is 10.1 Å². The zero-order valence-electron chi connectivity index (χ0n) is 19.6. The number of amides is 1. The second-order valence-electron chi connectivity index (χ2n) is 8.10. The normalized spacial score (nSPS) is 14.8. The van der Waals surface area contributed by atoms with Crippen molar-refractivity contribution in [1.82, 2.24) is 14.3 Å². The van der Waals surface area contributed by atoms with Crippen LogP contribution in [0.3, 0.4) is 0 Å². The van der Waals surface area contributed by atoms with Crippen molar-refractivity contribution in [2.45, 2.75) is 23.6 Å². The number of hydrogen-bond acceptors (Lipinski definition) is 8. The van der Waals surface area contributed by atoms with Gasteiger partial charge in [-0.2, -0.15) is 4.31 Å². The molecule has 1 amide bonds. The van der Waals surface area contributed by atoms with Gasteiger partial charge in [-0.05, 0) is 62.4 Å². The van der Waals surface area contributed by atoms with Gasteiger partial charge in [0, 0.05) is 35.7 Å². The lowest BCUT2D eigenvalue weighted by Gasteiger charge is -2.26. The Labute approximate surface area is 209 Å². The summed E-state index contributed by atoms with van der Waals surface area (Å²) in [5.74, 6) is -0.566. The first-order valence-electron chi connectivity index (χ1n) is 11.0. The second-order valence-corrected chi connectivity index (χ2v) is 11.7. The van der Waals surface area contributed by atoms with E-state index in [1.807, 2.05) is 0 Å². The lowest BCUT2D eigenvalue weighted by molar-refractivity contribution is 0.0730. The molecule has 36 heavy (non-hydrogen) atoms. The molecule has 4 rings (SSSR count). The largest absolute Gasteiger partial charge is 0.379 e. The molecule has 0 spiro atoms. The topological polar surface area (TPSA) is 148 Å². The van der Waals surface area contributed by atoms with Gasteiger partial charge in [0.25, 0.3) is 15.9 Å². The average molecular weight is 532 g/mol. The number of benzene rings is 2. The molecule has 0 atom stereocenters.